The Morgan fingerprint density at radius 1 is 0.960 bits per heavy atom. The predicted molar refractivity (Wildman–Crippen MR) is 98.2 cm³/mol. The molecule has 1 aliphatic rings. The van der Waals surface area contributed by atoms with Gasteiger partial charge in [-0.15, -0.1) is 0 Å². The van der Waals surface area contributed by atoms with Crippen molar-refractivity contribution in [3.8, 4) is 11.1 Å². The van der Waals surface area contributed by atoms with Crippen LogP contribution in [0.4, 0.5) is 11.4 Å². The van der Waals surface area contributed by atoms with E-state index in [4.69, 9.17) is 5.73 Å². The molecule has 0 bridgehead atoms. The average Bonchev–Trinajstić information content (AvgIpc) is 3.11. The van der Waals surface area contributed by atoms with Gasteiger partial charge in [0, 0.05) is 18.4 Å². The Bertz CT molecular complexity index is 769. The molecule has 0 heterocycles. The maximum Gasteiger partial charge on any atom is 0.307 e. The quantitative estimate of drug-likeness (QED) is 0.837. The molecular formula is C20H22N2O3. The van der Waals surface area contributed by atoms with Crippen LogP contribution in [-0.4, -0.2) is 24.0 Å². The smallest absolute Gasteiger partial charge is 0.307 e. The van der Waals surface area contributed by atoms with E-state index in [2.05, 4.69) is 0 Å². The number of amides is 1. The zero-order valence-corrected chi connectivity index (χ0v) is 14.2. The van der Waals surface area contributed by atoms with Crippen molar-refractivity contribution in [3.63, 3.8) is 0 Å². The summed E-state index contributed by atoms with van der Waals surface area (Å²) in [4.78, 5) is 25.6. The number of aliphatic carboxylic acids is 1. The van der Waals surface area contributed by atoms with Crippen LogP contribution in [-0.2, 0) is 9.59 Å². The Balaban J connectivity index is 1.76. The van der Waals surface area contributed by atoms with E-state index in [0.717, 1.165) is 28.9 Å². The van der Waals surface area contributed by atoms with E-state index < -0.39 is 17.8 Å². The van der Waals surface area contributed by atoms with Gasteiger partial charge >= 0.3 is 5.97 Å². The molecule has 2 atom stereocenters. The lowest BCUT2D eigenvalue weighted by molar-refractivity contribution is -0.145. The highest BCUT2D eigenvalue weighted by Crippen LogP contribution is 2.34. The molecule has 3 rings (SSSR count). The van der Waals surface area contributed by atoms with E-state index in [0.29, 0.717) is 12.8 Å². The highest BCUT2D eigenvalue weighted by molar-refractivity contribution is 5.97. The summed E-state index contributed by atoms with van der Waals surface area (Å²) in [5.41, 5.74) is 9.28. The standard InChI is InChI=1S/C20H22N2O3/c1-22(19(23)17-3-2-4-18(17)20(24)25)16-11-7-14(8-12-16)13-5-9-15(21)10-6-13/h5-12,17-18H,2-4,21H2,1H3,(H,24,25). The van der Waals surface area contributed by atoms with Crippen LogP contribution in [0.25, 0.3) is 11.1 Å². The van der Waals surface area contributed by atoms with E-state index >= 15 is 0 Å². The highest BCUT2D eigenvalue weighted by Gasteiger charge is 2.39. The van der Waals surface area contributed by atoms with Gasteiger partial charge in [-0.1, -0.05) is 30.7 Å². The second-order valence-corrected chi connectivity index (χ2v) is 6.55. The number of benzene rings is 2. The van der Waals surface area contributed by atoms with Gasteiger partial charge in [0.2, 0.25) is 5.91 Å². The lowest BCUT2D eigenvalue weighted by Gasteiger charge is -2.23. The van der Waals surface area contributed by atoms with Crippen LogP contribution >= 0.6 is 0 Å². The van der Waals surface area contributed by atoms with Gasteiger partial charge in [-0.2, -0.15) is 0 Å². The first kappa shape index (κ1) is 17.0. The maximum atomic E-state index is 12.7. The molecule has 1 amide bonds. The largest absolute Gasteiger partial charge is 0.481 e. The highest BCUT2D eigenvalue weighted by atomic mass is 16.4. The number of rotatable bonds is 4. The summed E-state index contributed by atoms with van der Waals surface area (Å²) in [5.74, 6) is -1.99. The number of carbonyl (C=O) groups excluding carboxylic acids is 1. The van der Waals surface area contributed by atoms with Gasteiger partial charge in [-0.05, 0) is 48.2 Å². The van der Waals surface area contributed by atoms with E-state index in [1.165, 1.54) is 0 Å². The second-order valence-electron chi connectivity index (χ2n) is 6.55. The van der Waals surface area contributed by atoms with E-state index in [1.807, 2.05) is 48.5 Å². The second kappa shape index (κ2) is 6.97. The van der Waals surface area contributed by atoms with Crippen LogP contribution in [0.15, 0.2) is 48.5 Å². The topological polar surface area (TPSA) is 83.6 Å². The Morgan fingerprint density at radius 3 is 2.04 bits per heavy atom. The normalized spacial score (nSPS) is 19.6. The summed E-state index contributed by atoms with van der Waals surface area (Å²) in [6.45, 7) is 0. The number of carbonyl (C=O) groups is 2. The summed E-state index contributed by atoms with van der Waals surface area (Å²) in [6.07, 6.45) is 2.01. The van der Waals surface area contributed by atoms with E-state index in [1.54, 1.807) is 11.9 Å². The van der Waals surface area contributed by atoms with Crippen LogP contribution in [0.2, 0.25) is 0 Å². The number of hydrogen-bond acceptors (Lipinski definition) is 3. The first-order chi connectivity index (χ1) is 12.0. The molecule has 5 heteroatoms. The molecule has 25 heavy (non-hydrogen) atoms. The lowest BCUT2D eigenvalue weighted by atomic mass is 9.94. The lowest BCUT2D eigenvalue weighted by Crippen LogP contribution is -2.36. The molecule has 1 saturated carbocycles. The third-order valence-corrected chi connectivity index (χ3v) is 4.98. The van der Waals surface area contributed by atoms with Crippen LogP contribution in [0, 0.1) is 11.8 Å². The molecule has 1 aliphatic carbocycles. The summed E-state index contributed by atoms with van der Waals surface area (Å²) in [7, 11) is 1.71. The number of nitrogens with two attached hydrogens (primary N) is 1. The zero-order valence-electron chi connectivity index (χ0n) is 14.2. The Kier molecular flexibility index (Phi) is 4.74. The molecular weight excluding hydrogens is 316 g/mol. The molecule has 3 N–H and O–H groups in total. The van der Waals surface area contributed by atoms with Gasteiger partial charge in [-0.25, -0.2) is 0 Å². The van der Waals surface area contributed by atoms with Crippen molar-refractivity contribution in [2.75, 3.05) is 17.7 Å². The number of hydrogen-bond donors (Lipinski definition) is 2. The van der Waals surface area contributed by atoms with Gasteiger partial charge in [0.15, 0.2) is 0 Å². The fourth-order valence-electron chi connectivity index (χ4n) is 3.48. The SMILES string of the molecule is CN(C(=O)C1CCCC1C(=O)O)c1ccc(-c2ccc(N)cc2)cc1. The molecule has 1 fully saturated rings. The third kappa shape index (κ3) is 3.50. The number of nitrogens with zero attached hydrogens (tertiary/aromatic N) is 1. The third-order valence-electron chi connectivity index (χ3n) is 4.98. The number of nitrogen functional groups attached to an aromatic ring is 1. The fraction of sp³-hybridized carbons (Fsp3) is 0.300. The fourth-order valence-corrected chi connectivity index (χ4v) is 3.48. The van der Waals surface area contributed by atoms with Crippen LogP contribution in [0.3, 0.4) is 0 Å². The van der Waals surface area contributed by atoms with Gasteiger partial charge in [0.1, 0.15) is 0 Å². The minimum absolute atomic E-state index is 0.120. The molecule has 5 nitrogen and oxygen atoms in total. The molecule has 0 spiro atoms. The molecule has 2 aromatic rings. The predicted octanol–water partition coefficient (Wildman–Crippen LogP) is 3.40. The van der Waals surface area contributed by atoms with Crippen molar-refractivity contribution in [1.82, 2.24) is 0 Å². The summed E-state index contributed by atoms with van der Waals surface area (Å²) in [5, 5.41) is 9.29. The maximum absolute atomic E-state index is 12.7. The first-order valence-corrected chi connectivity index (χ1v) is 8.43. The minimum atomic E-state index is -0.872. The van der Waals surface area contributed by atoms with Crippen molar-refractivity contribution in [2.45, 2.75) is 19.3 Å². The van der Waals surface area contributed by atoms with Gasteiger partial charge in [0.25, 0.3) is 0 Å². The van der Waals surface area contributed by atoms with Gasteiger partial charge in [-0.3, -0.25) is 9.59 Å². The van der Waals surface area contributed by atoms with Crippen molar-refractivity contribution < 1.29 is 14.7 Å². The molecule has 2 unspecified atom stereocenters. The van der Waals surface area contributed by atoms with E-state index in [9.17, 15) is 14.7 Å². The van der Waals surface area contributed by atoms with Crippen LogP contribution in [0.1, 0.15) is 19.3 Å². The summed E-state index contributed by atoms with van der Waals surface area (Å²) < 4.78 is 0. The Labute approximate surface area is 147 Å². The molecule has 0 radical (unpaired) electrons. The van der Waals surface area contributed by atoms with Gasteiger partial charge < -0.3 is 15.7 Å². The monoisotopic (exact) mass is 338 g/mol. The first-order valence-electron chi connectivity index (χ1n) is 8.43. The molecule has 0 aliphatic heterocycles. The average molecular weight is 338 g/mol. The molecule has 0 saturated heterocycles. The van der Waals surface area contributed by atoms with Gasteiger partial charge in [0.05, 0.1) is 11.8 Å². The Morgan fingerprint density at radius 2 is 1.48 bits per heavy atom. The zero-order chi connectivity index (χ0) is 18.0. The van der Waals surface area contributed by atoms with E-state index in [-0.39, 0.29) is 5.91 Å². The van der Waals surface area contributed by atoms with Crippen molar-refractivity contribution in [1.29, 1.82) is 0 Å². The van der Waals surface area contributed by atoms with Crippen LogP contribution < -0.4 is 10.6 Å². The van der Waals surface area contributed by atoms with Crippen molar-refractivity contribution in [2.24, 2.45) is 11.8 Å². The summed E-state index contributed by atoms with van der Waals surface area (Å²) in [6, 6.07) is 15.3. The number of anilines is 2. The number of carboxylic acid groups (broad SMARTS) is 1. The molecule has 0 aromatic heterocycles. The van der Waals surface area contributed by atoms with Crippen LogP contribution in [0.5, 0.6) is 0 Å². The summed E-state index contributed by atoms with van der Waals surface area (Å²) >= 11 is 0. The minimum Gasteiger partial charge on any atom is -0.481 e. The number of carboxylic acids is 1. The molecule has 2 aromatic carbocycles. The van der Waals surface area contributed by atoms with Crippen molar-refractivity contribution >= 4 is 23.3 Å². The van der Waals surface area contributed by atoms with Crippen molar-refractivity contribution in [3.05, 3.63) is 48.5 Å². The molecule has 130 valence electrons. The Hall–Kier alpha value is -2.82.